The molecule has 0 aromatic heterocycles. The zero-order valence-electron chi connectivity index (χ0n) is 16.3. The van der Waals surface area contributed by atoms with E-state index in [1.165, 1.54) is 12.7 Å². The summed E-state index contributed by atoms with van der Waals surface area (Å²) in [6.45, 7) is 8.51. The van der Waals surface area contributed by atoms with Crippen LogP contribution in [0.1, 0.15) is 44.5 Å². The van der Waals surface area contributed by atoms with Crippen molar-refractivity contribution >= 4 is 17.9 Å². The van der Waals surface area contributed by atoms with E-state index < -0.39 is 5.97 Å². The Balaban J connectivity index is 0.000000273. The summed E-state index contributed by atoms with van der Waals surface area (Å²) in [7, 11) is 1.33. The maximum absolute atomic E-state index is 10.9. The van der Waals surface area contributed by atoms with Crippen LogP contribution in [0, 0.1) is 11.3 Å². The number of benzene rings is 1. The standard InChI is InChI=1S/C14H20O.C8H9NO2/c1-11(10-15)9-12-5-7-13(8-6-12)14(2,3)4;1-11-8(10)6-4-2-3-5-7(6)9/h5,7-10,12H,6H2,1-4H3;2-5H,9H2,1H3. The van der Waals surface area contributed by atoms with Gasteiger partial charge >= 0.3 is 5.97 Å². The number of hydrogen-bond acceptors (Lipinski definition) is 4. The van der Waals surface area contributed by atoms with Crippen LogP contribution >= 0.6 is 0 Å². The molecule has 0 aliphatic heterocycles. The number of carbonyl (C=O) groups is 2. The van der Waals surface area contributed by atoms with Crippen LogP contribution in [-0.4, -0.2) is 19.4 Å². The molecule has 1 aliphatic carbocycles. The van der Waals surface area contributed by atoms with Crippen LogP contribution in [0.5, 0.6) is 0 Å². The smallest absolute Gasteiger partial charge is 0.339 e. The molecule has 0 saturated carbocycles. The van der Waals surface area contributed by atoms with Crippen LogP contribution in [-0.2, 0) is 9.53 Å². The fraction of sp³-hybridized carbons (Fsp3) is 0.364. The Labute approximate surface area is 156 Å². The second-order valence-corrected chi connectivity index (χ2v) is 7.28. The Kier molecular flexibility index (Phi) is 8.04. The molecule has 2 N–H and O–H groups in total. The van der Waals surface area contributed by atoms with E-state index >= 15 is 0 Å². The average molecular weight is 355 g/mol. The SMILES string of the molecule is CC(C=O)=CC1C=CC(C(C)(C)C)=CC1.COC(=O)c1ccccc1N. The highest BCUT2D eigenvalue weighted by Crippen LogP contribution is 2.31. The first-order valence-electron chi connectivity index (χ1n) is 8.64. The molecule has 0 fully saturated rings. The van der Waals surface area contributed by atoms with E-state index in [9.17, 15) is 9.59 Å². The van der Waals surface area contributed by atoms with Gasteiger partial charge in [-0.05, 0) is 48.0 Å². The van der Waals surface area contributed by atoms with Crippen LogP contribution in [0.15, 0.2) is 59.7 Å². The van der Waals surface area contributed by atoms with Crippen LogP contribution < -0.4 is 5.73 Å². The Bertz CT molecular complexity index is 721. The van der Waals surface area contributed by atoms with E-state index in [0.717, 1.165) is 18.3 Å². The molecule has 4 nitrogen and oxygen atoms in total. The second kappa shape index (κ2) is 9.76. The Morgan fingerprint density at radius 3 is 2.38 bits per heavy atom. The van der Waals surface area contributed by atoms with E-state index in [2.05, 4.69) is 43.7 Å². The molecule has 26 heavy (non-hydrogen) atoms. The number of anilines is 1. The largest absolute Gasteiger partial charge is 0.465 e. The lowest BCUT2D eigenvalue weighted by molar-refractivity contribution is -0.104. The van der Waals surface area contributed by atoms with Gasteiger partial charge in [0.1, 0.15) is 6.29 Å². The fourth-order valence-electron chi connectivity index (χ4n) is 2.49. The molecule has 1 aromatic carbocycles. The summed E-state index contributed by atoms with van der Waals surface area (Å²) in [5.41, 5.74) is 8.78. The minimum Gasteiger partial charge on any atom is -0.465 e. The third-order valence-electron chi connectivity index (χ3n) is 4.03. The van der Waals surface area contributed by atoms with Crippen molar-refractivity contribution in [3.8, 4) is 0 Å². The van der Waals surface area contributed by atoms with Crippen LogP contribution in [0.2, 0.25) is 0 Å². The maximum Gasteiger partial charge on any atom is 0.339 e. The van der Waals surface area contributed by atoms with E-state index in [0.29, 0.717) is 17.2 Å². The summed E-state index contributed by atoms with van der Waals surface area (Å²) < 4.78 is 4.50. The number of methoxy groups -OCH3 is 1. The predicted octanol–water partition coefficient (Wildman–Crippen LogP) is 4.74. The molecule has 140 valence electrons. The van der Waals surface area contributed by atoms with Gasteiger partial charge in [0.2, 0.25) is 0 Å². The summed E-state index contributed by atoms with van der Waals surface area (Å²) >= 11 is 0. The zero-order valence-corrected chi connectivity index (χ0v) is 16.3. The van der Waals surface area contributed by atoms with Crippen molar-refractivity contribution in [1.29, 1.82) is 0 Å². The first-order chi connectivity index (χ1) is 12.2. The maximum atomic E-state index is 10.9. The molecule has 1 atom stereocenters. The van der Waals surface area contributed by atoms with Gasteiger partial charge in [0.05, 0.1) is 12.7 Å². The summed E-state index contributed by atoms with van der Waals surface area (Å²) in [6, 6.07) is 6.79. The molecule has 1 aliphatic rings. The molecular weight excluding hydrogens is 326 g/mol. The van der Waals surface area contributed by atoms with Gasteiger partial charge in [-0.3, -0.25) is 4.79 Å². The van der Waals surface area contributed by atoms with Gasteiger partial charge in [0.15, 0.2) is 0 Å². The van der Waals surface area contributed by atoms with Crippen LogP contribution in [0.25, 0.3) is 0 Å². The molecule has 4 heteroatoms. The molecule has 2 rings (SSSR count). The molecule has 0 heterocycles. The van der Waals surface area contributed by atoms with Gasteiger partial charge in [-0.2, -0.15) is 0 Å². The first kappa shape index (κ1) is 21.4. The number of rotatable bonds is 3. The summed E-state index contributed by atoms with van der Waals surface area (Å²) in [5.74, 6) is -0.00981. The highest BCUT2D eigenvalue weighted by Gasteiger charge is 2.17. The lowest BCUT2D eigenvalue weighted by Gasteiger charge is -2.24. The molecular formula is C22H29NO3. The second-order valence-electron chi connectivity index (χ2n) is 7.28. The Morgan fingerprint density at radius 1 is 1.27 bits per heavy atom. The monoisotopic (exact) mass is 355 g/mol. The third-order valence-corrected chi connectivity index (χ3v) is 4.03. The van der Waals surface area contributed by atoms with Crippen molar-refractivity contribution in [3.05, 3.63) is 65.3 Å². The first-order valence-corrected chi connectivity index (χ1v) is 8.64. The predicted molar refractivity (Wildman–Crippen MR) is 107 cm³/mol. The quantitative estimate of drug-likeness (QED) is 0.368. The van der Waals surface area contributed by atoms with E-state index in [-0.39, 0.29) is 5.41 Å². The lowest BCUT2D eigenvalue weighted by Crippen LogP contribution is -2.11. The van der Waals surface area contributed by atoms with Crippen molar-refractivity contribution < 1.29 is 14.3 Å². The normalized spacial score (nSPS) is 16.9. The number of carbonyl (C=O) groups excluding carboxylic acids is 2. The minimum absolute atomic E-state index is 0.227. The number of allylic oxidation sites excluding steroid dienone is 6. The van der Waals surface area contributed by atoms with Gasteiger partial charge in [-0.15, -0.1) is 0 Å². The number of ether oxygens (including phenoxy) is 1. The van der Waals surface area contributed by atoms with E-state index in [1.807, 2.05) is 13.0 Å². The fourth-order valence-corrected chi connectivity index (χ4v) is 2.49. The number of nitrogens with two attached hydrogens (primary N) is 1. The van der Waals surface area contributed by atoms with Crippen LogP contribution in [0.4, 0.5) is 5.69 Å². The Morgan fingerprint density at radius 2 is 1.92 bits per heavy atom. The van der Waals surface area contributed by atoms with Crippen LogP contribution in [0.3, 0.4) is 0 Å². The number of nitrogen functional groups attached to an aromatic ring is 1. The zero-order chi connectivity index (χ0) is 19.7. The van der Waals surface area contributed by atoms with Crippen molar-refractivity contribution in [2.45, 2.75) is 34.1 Å². The van der Waals surface area contributed by atoms with Crippen molar-refractivity contribution in [2.24, 2.45) is 11.3 Å². The number of para-hydroxylation sites is 1. The van der Waals surface area contributed by atoms with E-state index in [1.54, 1.807) is 24.3 Å². The van der Waals surface area contributed by atoms with Gasteiger partial charge < -0.3 is 10.5 Å². The summed E-state index contributed by atoms with van der Waals surface area (Å²) in [4.78, 5) is 21.4. The van der Waals surface area contributed by atoms with Crippen molar-refractivity contribution in [3.63, 3.8) is 0 Å². The molecule has 0 saturated heterocycles. The number of hydrogen-bond donors (Lipinski definition) is 1. The Hall–Kier alpha value is -2.62. The average Bonchev–Trinajstić information content (AvgIpc) is 2.61. The van der Waals surface area contributed by atoms with Crippen molar-refractivity contribution in [1.82, 2.24) is 0 Å². The van der Waals surface area contributed by atoms with Gasteiger partial charge in [0, 0.05) is 5.69 Å². The molecule has 0 spiro atoms. The molecule has 1 unspecified atom stereocenters. The topological polar surface area (TPSA) is 69.4 Å². The molecule has 0 amide bonds. The summed E-state index contributed by atoms with van der Waals surface area (Å²) in [6.07, 6.45) is 10.6. The highest BCUT2D eigenvalue weighted by molar-refractivity contribution is 5.94. The van der Waals surface area contributed by atoms with E-state index in [4.69, 9.17) is 5.73 Å². The van der Waals surface area contributed by atoms with Gasteiger partial charge in [-0.1, -0.05) is 57.2 Å². The highest BCUT2D eigenvalue weighted by atomic mass is 16.5. The van der Waals surface area contributed by atoms with Gasteiger partial charge in [-0.25, -0.2) is 4.79 Å². The van der Waals surface area contributed by atoms with Crippen molar-refractivity contribution in [2.75, 3.05) is 12.8 Å². The number of aldehydes is 1. The summed E-state index contributed by atoms with van der Waals surface area (Å²) in [5, 5.41) is 0. The molecule has 0 radical (unpaired) electrons. The molecule has 0 bridgehead atoms. The number of esters is 1. The third kappa shape index (κ3) is 6.71. The lowest BCUT2D eigenvalue weighted by atomic mass is 9.81. The molecule has 1 aromatic rings. The van der Waals surface area contributed by atoms with Gasteiger partial charge in [0.25, 0.3) is 0 Å². The minimum atomic E-state index is -0.400.